The van der Waals surface area contributed by atoms with Crippen LogP contribution in [0.5, 0.6) is 0 Å². The van der Waals surface area contributed by atoms with Crippen molar-refractivity contribution in [3.05, 3.63) is 62.6 Å². The zero-order chi connectivity index (χ0) is 24.7. The zero-order valence-corrected chi connectivity index (χ0v) is 20.0. The van der Waals surface area contributed by atoms with Gasteiger partial charge in [-0.1, -0.05) is 34.8 Å². The quantitative estimate of drug-likeness (QED) is 0.387. The van der Waals surface area contributed by atoms with Crippen LogP contribution < -0.4 is 10.6 Å². The average Bonchev–Trinajstić information content (AvgIpc) is 3.28. The largest absolute Gasteiger partial charge is 0.416 e. The number of benzene rings is 2. The summed E-state index contributed by atoms with van der Waals surface area (Å²) in [5, 5.41) is 14.1. The topological polar surface area (TPSA) is 78.4 Å². The van der Waals surface area contributed by atoms with Crippen molar-refractivity contribution in [3.8, 4) is 0 Å². The van der Waals surface area contributed by atoms with Crippen LogP contribution in [0, 0.1) is 5.92 Å². The number of carbonyl (C=O) groups excluding carboxylic acids is 2. The molecule has 5 nitrogen and oxygen atoms in total. The molecule has 3 rings (SSSR count). The van der Waals surface area contributed by atoms with Crippen molar-refractivity contribution in [1.29, 1.82) is 0 Å². The van der Waals surface area contributed by atoms with E-state index < -0.39 is 46.8 Å². The minimum atomic E-state index is -4.89. The van der Waals surface area contributed by atoms with Gasteiger partial charge in [0, 0.05) is 21.7 Å². The fourth-order valence-electron chi connectivity index (χ4n) is 3.22. The molecule has 0 aliphatic heterocycles. The molecule has 1 saturated carbocycles. The first-order chi connectivity index (χ1) is 15.2. The summed E-state index contributed by atoms with van der Waals surface area (Å²) in [6.45, 7) is -1.07. The monoisotopic (exact) mass is 562 g/mol. The Bertz CT molecular complexity index is 1080. The molecule has 0 aromatic heterocycles. The number of anilines is 1. The maximum absolute atomic E-state index is 12.8. The van der Waals surface area contributed by atoms with Gasteiger partial charge in [0.25, 0.3) is 5.91 Å². The maximum atomic E-state index is 12.8. The minimum Gasteiger partial charge on any atom is -0.382 e. The number of hydrogen-bond acceptors (Lipinski definition) is 3. The Balaban J connectivity index is 1.72. The van der Waals surface area contributed by atoms with Crippen LogP contribution >= 0.6 is 58.0 Å². The van der Waals surface area contributed by atoms with Gasteiger partial charge in [0.1, 0.15) is 4.33 Å². The molecule has 2 amide bonds. The molecule has 3 N–H and O–H groups in total. The third-order valence-corrected chi connectivity index (χ3v) is 6.60. The first kappa shape index (κ1) is 26.2. The van der Waals surface area contributed by atoms with Crippen molar-refractivity contribution >= 4 is 75.5 Å². The lowest BCUT2D eigenvalue weighted by Gasteiger charge is -2.15. The number of hydrogen-bond donors (Lipinski definition) is 3. The van der Waals surface area contributed by atoms with Crippen LogP contribution in [0.3, 0.4) is 0 Å². The first-order valence-corrected chi connectivity index (χ1v) is 11.1. The van der Waals surface area contributed by atoms with Crippen LogP contribution in [0.1, 0.15) is 21.8 Å². The van der Waals surface area contributed by atoms with Gasteiger partial charge in [0.15, 0.2) is 6.10 Å². The summed E-state index contributed by atoms with van der Waals surface area (Å²) in [7, 11) is 0. The smallest absolute Gasteiger partial charge is 0.382 e. The second-order valence-electron chi connectivity index (χ2n) is 7.28. The van der Waals surface area contributed by atoms with E-state index in [0.717, 1.165) is 0 Å². The minimum absolute atomic E-state index is 0.0751. The van der Waals surface area contributed by atoms with Gasteiger partial charge in [-0.05, 0) is 42.0 Å². The highest BCUT2D eigenvalue weighted by Gasteiger charge is 2.67. The zero-order valence-electron chi connectivity index (χ0n) is 16.2. The fourth-order valence-corrected chi connectivity index (χ4v) is 4.79. The van der Waals surface area contributed by atoms with Gasteiger partial charge in [-0.25, -0.2) is 0 Å². The molecular weight excluding hydrogens is 550 g/mol. The molecule has 13 heteroatoms. The standard InChI is InChI=1S/C20H14Cl5F3N2O3/c21-9-3-8(4-10(22)5-9)15-16(19(15,24)25)18(33)30-11-1-2-13(23)12(6-11)17(32)29-7-14(31)20(26,27)28/h1-6,14-16,31H,7H2,(H,29,32)(H,30,33)/t14?,15-,16+/m0/s1. The Morgan fingerprint density at radius 3 is 2.24 bits per heavy atom. The molecule has 0 saturated heterocycles. The van der Waals surface area contributed by atoms with Crippen molar-refractivity contribution in [2.45, 2.75) is 22.5 Å². The predicted molar refractivity (Wildman–Crippen MR) is 122 cm³/mol. The van der Waals surface area contributed by atoms with E-state index in [-0.39, 0.29) is 16.3 Å². The van der Waals surface area contributed by atoms with E-state index >= 15 is 0 Å². The molecular formula is C20H14Cl5F3N2O3. The van der Waals surface area contributed by atoms with Crippen molar-refractivity contribution in [2.24, 2.45) is 5.92 Å². The van der Waals surface area contributed by atoms with E-state index in [9.17, 15) is 22.8 Å². The molecule has 1 unspecified atom stereocenters. The van der Waals surface area contributed by atoms with Gasteiger partial charge in [-0.2, -0.15) is 13.2 Å². The van der Waals surface area contributed by atoms with Crippen LogP contribution in [0.2, 0.25) is 15.1 Å². The van der Waals surface area contributed by atoms with E-state index in [2.05, 4.69) is 5.32 Å². The number of alkyl halides is 5. The highest BCUT2D eigenvalue weighted by Crippen LogP contribution is 2.65. The molecule has 0 spiro atoms. The molecule has 1 aliphatic carbocycles. The number of aliphatic hydroxyl groups excluding tert-OH is 1. The normalized spacial score (nSPS) is 20.2. The highest BCUT2D eigenvalue weighted by molar-refractivity contribution is 6.53. The summed E-state index contributed by atoms with van der Waals surface area (Å²) in [5.74, 6) is -3.01. The van der Waals surface area contributed by atoms with Crippen molar-refractivity contribution < 1.29 is 27.9 Å². The number of rotatable bonds is 6. The molecule has 3 atom stereocenters. The van der Waals surface area contributed by atoms with Crippen LogP contribution in [0.4, 0.5) is 18.9 Å². The summed E-state index contributed by atoms with van der Waals surface area (Å²) < 4.78 is 35.8. The Morgan fingerprint density at radius 2 is 1.67 bits per heavy atom. The molecule has 2 aromatic rings. The van der Waals surface area contributed by atoms with Gasteiger partial charge < -0.3 is 15.7 Å². The lowest BCUT2D eigenvalue weighted by atomic mass is 10.1. The molecule has 0 bridgehead atoms. The van der Waals surface area contributed by atoms with Crippen LogP contribution in [-0.2, 0) is 4.79 Å². The molecule has 2 aromatic carbocycles. The van der Waals surface area contributed by atoms with Gasteiger partial charge in [-0.3, -0.25) is 9.59 Å². The Morgan fingerprint density at radius 1 is 1.06 bits per heavy atom. The second kappa shape index (κ2) is 9.68. The van der Waals surface area contributed by atoms with E-state index in [1.807, 2.05) is 5.32 Å². The van der Waals surface area contributed by atoms with Crippen LogP contribution in [-0.4, -0.2) is 40.1 Å². The third-order valence-electron chi connectivity index (χ3n) is 4.89. The number of carbonyl (C=O) groups is 2. The fraction of sp³-hybridized carbons (Fsp3) is 0.300. The Kier molecular flexibility index (Phi) is 7.68. The Labute approximate surface area is 211 Å². The third kappa shape index (κ3) is 5.99. The highest BCUT2D eigenvalue weighted by atomic mass is 35.5. The average molecular weight is 565 g/mol. The van der Waals surface area contributed by atoms with Crippen LogP contribution in [0.15, 0.2) is 36.4 Å². The summed E-state index contributed by atoms with van der Waals surface area (Å²) in [6, 6.07) is 8.53. The van der Waals surface area contributed by atoms with Gasteiger partial charge in [0.2, 0.25) is 5.91 Å². The Hall–Kier alpha value is -1.42. The summed E-state index contributed by atoms with van der Waals surface area (Å²) in [5.41, 5.74) is 0.489. The van der Waals surface area contributed by atoms with E-state index in [1.54, 1.807) is 12.1 Å². The number of amides is 2. The molecule has 0 radical (unpaired) electrons. The second-order valence-corrected chi connectivity index (χ2v) is 10.0. The van der Waals surface area contributed by atoms with Gasteiger partial charge >= 0.3 is 6.18 Å². The van der Waals surface area contributed by atoms with E-state index in [1.165, 1.54) is 24.3 Å². The first-order valence-electron chi connectivity index (χ1n) is 9.19. The number of nitrogens with one attached hydrogen (secondary N) is 2. The summed E-state index contributed by atoms with van der Waals surface area (Å²) >= 11 is 30.6. The lowest BCUT2D eigenvalue weighted by molar-refractivity contribution is -0.201. The number of aliphatic hydroxyl groups is 1. The van der Waals surface area contributed by atoms with E-state index in [0.29, 0.717) is 15.6 Å². The lowest BCUT2D eigenvalue weighted by Crippen LogP contribution is -2.40. The van der Waals surface area contributed by atoms with Gasteiger partial charge in [-0.15, -0.1) is 23.2 Å². The summed E-state index contributed by atoms with van der Waals surface area (Å²) in [6.07, 6.45) is -7.63. The van der Waals surface area contributed by atoms with Crippen LogP contribution in [0.25, 0.3) is 0 Å². The number of halogens is 8. The van der Waals surface area contributed by atoms with Gasteiger partial charge in [0.05, 0.1) is 23.0 Å². The SMILES string of the molecule is O=C(NCC(O)C(F)(F)F)c1cc(NC(=O)[C@H]2[C@H](c3cc(Cl)cc(Cl)c3)C2(Cl)Cl)ccc1Cl. The van der Waals surface area contributed by atoms with E-state index in [4.69, 9.17) is 63.1 Å². The molecule has 178 valence electrons. The summed E-state index contributed by atoms with van der Waals surface area (Å²) in [4.78, 5) is 25.0. The van der Waals surface area contributed by atoms with Crippen molar-refractivity contribution in [3.63, 3.8) is 0 Å². The predicted octanol–water partition coefficient (Wildman–Crippen LogP) is 5.83. The van der Waals surface area contributed by atoms with Crippen molar-refractivity contribution in [2.75, 3.05) is 11.9 Å². The van der Waals surface area contributed by atoms with Crippen molar-refractivity contribution in [1.82, 2.24) is 5.32 Å². The molecule has 0 heterocycles. The molecule has 1 aliphatic rings. The molecule has 1 fully saturated rings. The maximum Gasteiger partial charge on any atom is 0.416 e. The molecule has 33 heavy (non-hydrogen) atoms.